The number of fused-ring (bicyclic) bond motifs is 2. The van der Waals surface area contributed by atoms with Crippen molar-refractivity contribution < 1.29 is 9.53 Å². The zero-order chi connectivity index (χ0) is 16.5. The van der Waals surface area contributed by atoms with Crippen LogP contribution in [0.1, 0.15) is 16.2 Å². The molecule has 0 aliphatic heterocycles. The molecule has 24 heavy (non-hydrogen) atoms. The van der Waals surface area contributed by atoms with Crippen LogP contribution in [0, 0.1) is 0 Å². The van der Waals surface area contributed by atoms with Gasteiger partial charge in [-0.15, -0.1) is 15.3 Å². The lowest BCUT2D eigenvalue weighted by Crippen LogP contribution is -2.24. The summed E-state index contributed by atoms with van der Waals surface area (Å²) in [6.45, 7) is 0.208. The maximum Gasteiger partial charge on any atom is 0.253 e. The summed E-state index contributed by atoms with van der Waals surface area (Å²) in [6.07, 6.45) is 1.70. The minimum absolute atomic E-state index is 0.188. The van der Waals surface area contributed by atoms with Gasteiger partial charge in [-0.25, -0.2) is 0 Å². The highest BCUT2D eigenvalue weighted by Gasteiger charge is 2.13. The van der Waals surface area contributed by atoms with Crippen molar-refractivity contribution in [3.63, 3.8) is 0 Å². The Hall–Kier alpha value is -3.42. The van der Waals surface area contributed by atoms with E-state index in [4.69, 9.17) is 4.74 Å². The molecular formula is C16H14N6O2. The van der Waals surface area contributed by atoms with Gasteiger partial charge in [0.1, 0.15) is 0 Å². The van der Waals surface area contributed by atoms with Crippen LogP contribution in [0.3, 0.4) is 0 Å². The van der Waals surface area contributed by atoms with Crippen LogP contribution in [0.5, 0.6) is 5.88 Å². The molecule has 8 heteroatoms. The molecule has 120 valence electrons. The quantitative estimate of drug-likeness (QED) is 0.594. The van der Waals surface area contributed by atoms with E-state index in [-0.39, 0.29) is 12.5 Å². The van der Waals surface area contributed by atoms with Crippen molar-refractivity contribution in [3.05, 3.63) is 54.0 Å². The largest absolute Gasteiger partial charge is 0.480 e. The van der Waals surface area contributed by atoms with E-state index in [0.717, 1.165) is 10.9 Å². The van der Waals surface area contributed by atoms with Gasteiger partial charge in [0.15, 0.2) is 11.5 Å². The number of hydrogen-bond acceptors (Lipinski definition) is 5. The van der Waals surface area contributed by atoms with E-state index in [1.165, 1.54) is 7.11 Å². The molecule has 0 spiro atoms. The molecule has 0 fully saturated rings. The minimum Gasteiger partial charge on any atom is -0.480 e. The summed E-state index contributed by atoms with van der Waals surface area (Å²) in [5, 5.41) is 16.1. The first-order valence-electron chi connectivity index (χ1n) is 7.36. The van der Waals surface area contributed by atoms with E-state index in [0.29, 0.717) is 22.9 Å². The number of H-pyrrole nitrogens is 1. The molecule has 0 atom stereocenters. The second kappa shape index (κ2) is 5.65. The molecule has 4 rings (SSSR count). The third-order valence-corrected chi connectivity index (χ3v) is 3.75. The Morgan fingerprint density at radius 3 is 3.00 bits per heavy atom. The van der Waals surface area contributed by atoms with Crippen LogP contribution < -0.4 is 10.1 Å². The molecule has 1 aromatic carbocycles. The number of nitrogens with one attached hydrogen (secondary N) is 2. The second-order valence-corrected chi connectivity index (χ2v) is 5.19. The minimum atomic E-state index is -0.188. The van der Waals surface area contributed by atoms with Gasteiger partial charge in [-0.1, -0.05) is 18.2 Å². The standard InChI is InChI=1S/C16H14N6O2/c1-24-15-7-6-13-19-20-14(22(13)21-15)9-18-16(23)11-8-17-12-5-3-2-4-10(11)12/h2-8,17H,9H2,1H3,(H,18,23). The molecule has 0 saturated carbocycles. The molecule has 0 unspecified atom stereocenters. The molecular weight excluding hydrogens is 308 g/mol. The maximum atomic E-state index is 12.4. The third kappa shape index (κ3) is 2.34. The summed E-state index contributed by atoms with van der Waals surface area (Å²) in [5.41, 5.74) is 2.10. The van der Waals surface area contributed by atoms with E-state index < -0.39 is 0 Å². The topological polar surface area (TPSA) is 97.2 Å². The first kappa shape index (κ1) is 14.2. The van der Waals surface area contributed by atoms with Gasteiger partial charge in [-0.05, 0) is 12.1 Å². The normalized spacial score (nSPS) is 11.0. The highest BCUT2D eigenvalue weighted by Crippen LogP contribution is 2.17. The van der Waals surface area contributed by atoms with E-state index in [1.54, 1.807) is 22.8 Å². The number of rotatable bonds is 4. The van der Waals surface area contributed by atoms with Gasteiger partial charge in [0.25, 0.3) is 5.91 Å². The summed E-state index contributed by atoms with van der Waals surface area (Å²) in [7, 11) is 1.54. The fourth-order valence-corrected chi connectivity index (χ4v) is 2.55. The lowest BCUT2D eigenvalue weighted by Gasteiger charge is -2.04. The first-order valence-corrected chi connectivity index (χ1v) is 7.36. The summed E-state index contributed by atoms with van der Waals surface area (Å²) < 4.78 is 6.65. The molecule has 2 N–H and O–H groups in total. The Morgan fingerprint density at radius 1 is 1.25 bits per heavy atom. The van der Waals surface area contributed by atoms with Crippen molar-refractivity contribution in [2.45, 2.75) is 6.54 Å². The third-order valence-electron chi connectivity index (χ3n) is 3.75. The van der Waals surface area contributed by atoms with E-state index >= 15 is 0 Å². The molecule has 0 radical (unpaired) electrons. The monoisotopic (exact) mass is 322 g/mol. The number of hydrogen-bond donors (Lipinski definition) is 2. The maximum absolute atomic E-state index is 12.4. The molecule has 1 amide bonds. The van der Waals surface area contributed by atoms with Gasteiger partial charge < -0.3 is 15.0 Å². The Balaban J connectivity index is 1.57. The van der Waals surface area contributed by atoms with Crippen LogP contribution in [-0.4, -0.2) is 37.8 Å². The Labute approximate surface area is 136 Å². The summed E-state index contributed by atoms with van der Waals surface area (Å²) in [6, 6.07) is 11.1. The number of nitrogens with zero attached hydrogens (tertiary/aromatic N) is 4. The lowest BCUT2D eigenvalue weighted by molar-refractivity contribution is 0.0951. The second-order valence-electron chi connectivity index (χ2n) is 5.19. The predicted octanol–water partition coefficient (Wildman–Crippen LogP) is 1.54. The van der Waals surface area contributed by atoms with Crippen molar-refractivity contribution in [1.82, 2.24) is 30.1 Å². The molecule has 3 heterocycles. The molecule has 0 bridgehead atoms. The van der Waals surface area contributed by atoms with Gasteiger partial charge in [0, 0.05) is 23.2 Å². The highest BCUT2D eigenvalue weighted by molar-refractivity contribution is 6.06. The summed E-state index contributed by atoms with van der Waals surface area (Å²) >= 11 is 0. The number of aromatic amines is 1. The molecule has 3 aromatic heterocycles. The fourth-order valence-electron chi connectivity index (χ4n) is 2.55. The van der Waals surface area contributed by atoms with Crippen LogP contribution in [0.25, 0.3) is 16.6 Å². The van der Waals surface area contributed by atoms with Crippen LogP contribution in [0.15, 0.2) is 42.6 Å². The molecule has 0 saturated heterocycles. The van der Waals surface area contributed by atoms with Crippen LogP contribution >= 0.6 is 0 Å². The number of amides is 1. The first-order chi connectivity index (χ1) is 11.8. The lowest BCUT2D eigenvalue weighted by atomic mass is 10.1. The van der Waals surface area contributed by atoms with Gasteiger partial charge >= 0.3 is 0 Å². The number of ether oxygens (including phenoxy) is 1. The van der Waals surface area contributed by atoms with Gasteiger partial charge in [0.05, 0.1) is 19.2 Å². The van der Waals surface area contributed by atoms with Gasteiger partial charge in [-0.3, -0.25) is 4.79 Å². The number of benzene rings is 1. The molecule has 0 aliphatic rings. The van der Waals surface area contributed by atoms with Crippen molar-refractivity contribution in [3.8, 4) is 5.88 Å². The summed E-state index contributed by atoms with van der Waals surface area (Å²) in [4.78, 5) is 15.5. The number of methoxy groups -OCH3 is 1. The predicted molar refractivity (Wildman–Crippen MR) is 86.8 cm³/mol. The molecule has 4 aromatic rings. The van der Waals surface area contributed by atoms with E-state index in [2.05, 4.69) is 25.6 Å². The zero-order valence-electron chi connectivity index (χ0n) is 12.9. The van der Waals surface area contributed by atoms with E-state index in [9.17, 15) is 4.79 Å². The Bertz CT molecular complexity index is 1040. The average Bonchev–Trinajstić information content (AvgIpc) is 3.23. The molecule has 0 aliphatic carbocycles. The van der Waals surface area contributed by atoms with Crippen molar-refractivity contribution in [1.29, 1.82) is 0 Å². The van der Waals surface area contributed by atoms with Crippen LogP contribution in [-0.2, 0) is 6.54 Å². The van der Waals surface area contributed by atoms with Crippen molar-refractivity contribution >= 4 is 22.5 Å². The number of carbonyl (C=O) groups excluding carboxylic acids is 1. The smallest absolute Gasteiger partial charge is 0.253 e. The van der Waals surface area contributed by atoms with Crippen molar-refractivity contribution in [2.24, 2.45) is 0 Å². The zero-order valence-corrected chi connectivity index (χ0v) is 12.9. The van der Waals surface area contributed by atoms with Crippen LogP contribution in [0.2, 0.25) is 0 Å². The number of aromatic nitrogens is 5. The van der Waals surface area contributed by atoms with Gasteiger partial charge in [0.2, 0.25) is 5.88 Å². The van der Waals surface area contributed by atoms with Gasteiger partial charge in [-0.2, -0.15) is 4.52 Å². The Kier molecular flexibility index (Phi) is 3.34. The molecule has 8 nitrogen and oxygen atoms in total. The summed E-state index contributed by atoms with van der Waals surface area (Å²) in [5.74, 6) is 0.788. The van der Waals surface area contributed by atoms with E-state index in [1.807, 2.05) is 24.3 Å². The van der Waals surface area contributed by atoms with Crippen LogP contribution in [0.4, 0.5) is 0 Å². The average molecular weight is 322 g/mol. The van der Waals surface area contributed by atoms with Crippen molar-refractivity contribution in [2.75, 3.05) is 7.11 Å². The Morgan fingerprint density at radius 2 is 2.12 bits per heavy atom. The fraction of sp³-hybridized carbons (Fsp3) is 0.125. The highest BCUT2D eigenvalue weighted by atomic mass is 16.5. The SMILES string of the molecule is COc1ccc2nnc(CNC(=O)c3c[nH]c4ccccc34)n2n1. The number of carbonyl (C=O) groups is 1. The number of para-hydroxylation sites is 1.